The van der Waals surface area contributed by atoms with Crippen LogP contribution in [0, 0.1) is 5.92 Å². The van der Waals surface area contributed by atoms with Crippen molar-refractivity contribution in [2.75, 3.05) is 6.54 Å². The van der Waals surface area contributed by atoms with E-state index in [1.165, 1.54) is 4.90 Å². The Bertz CT molecular complexity index is 512. The number of aliphatic carboxylic acids is 1. The van der Waals surface area contributed by atoms with Gasteiger partial charge in [0.25, 0.3) is 5.91 Å². The molecule has 4 heteroatoms. The Labute approximate surface area is 119 Å². The van der Waals surface area contributed by atoms with Crippen LogP contribution >= 0.6 is 0 Å². The fourth-order valence-electron chi connectivity index (χ4n) is 2.98. The van der Waals surface area contributed by atoms with E-state index in [0.717, 1.165) is 24.8 Å². The lowest BCUT2D eigenvalue weighted by Gasteiger charge is -2.37. The standard InChI is InChI=1S/C16H21NO3/c1-3-12-8-4-5-9-13(12)15(18)17-10-6-7-11(2)14(17)16(19)20/h4-5,8-9,11,14H,3,6-7,10H2,1-2H3,(H,19,20). The molecule has 1 aliphatic rings. The van der Waals surface area contributed by atoms with E-state index < -0.39 is 12.0 Å². The van der Waals surface area contributed by atoms with Crippen LogP contribution in [0.5, 0.6) is 0 Å². The molecule has 0 spiro atoms. The van der Waals surface area contributed by atoms with Crippen molar-refractivity contribution < 1.29 is 14.7 Å². The maximum Gasteiger partial charge on any atom is 0.326 e. The zero-order chi connectivity index (χ0) is 14.7. The number of carboxylic acids is 1. The number of rotatable bonds is 3. The van der Waals surface area contributed by atoms with Crippen LogP contribution in [0.15, 0.2) is 24.3 Å². The second-order valence-corrected chi connectivity index (χ2v) is 5.41. The highest BCUT2D eigenvalue weighted by Crippen LogP contribution is 2.26. The summed E-state index contributed by atoms with van der Waals surface area (Å²) in [5, 5.41) is 9.41. The smallest absolute Gasteiger partial charge is 0.326 e. The van der Waals surface area contributed by atoms with Crippen LogP contribution in [-0.4, -0.2) is 34.5 Å². The van der Waals surface area contributed by atoms with Crippen LogP contribution in [0.1, 0.15) is 42.6 Å². The maximum absolute atomic E-state index is 12.7. The number of hydrogen-bond donors (Lipinski definition) is 1. The first-order valence-corrected chi connectivity index (χ1v) is 7.18. The predicted molar refractivity (Wildman–Crippen MR) is 76.7 cm³/mol. The summed E-state index contributed by atoms with van der Waals surface area (Å²) in [7, 11) is 0. The third-order valence-electron chi connectivity index (χ3n) is 4.08. The Balaban J connectivity index is 2.33. The number of amides is 1. The van der Waals surface area contributed by atoms with Gasteiger partial charge in [0.2, 0.25) is 0 Å². The second-order valence-electron chi connectivity index (χ2n) is 5.41. The first-order chi connectivity index (χ1) is 9.56. The third kappa shape index (κ3) is 2.69. The molecule has 2 unspecified atom stereocenters. The van der Waals surface area contributed by atoms with Crippen LogP contribution in [0.4, 0.5) is 0 Å². The number of likely N-dealkylation sites (tertiary alicyclic amines) is 1. The molecule has 1 aromatic carbocycles. The van der Waals surface area contributed by atoms with Crippen LogP contribution in [0.2, 0.25) is 0 Å². The maximum atomic E-state index is 12.7. The molecule has 1 N–H and O–H groups in total. The first-order valence-electron chi connectivity index (χ1n) is 7.18. The molecule has 1 heterocycles. The molecule has 0 radical (unpaired) electrons. The van der Waals surface area contributed by atoms with E-state index in [0.29, 0.717) is 12.1 Å². The topological polar surface area (TPSA) is 57.6 Å². The van der Waals surface area contributed by atoms with E-state index in [9.17, 15) is 14.7 Å². The number of carbonyl (C=O) groups is 2. The first kappa shape index (κ1) is 14.6. The number of hydrogen-bond acceptors (Lipinski definition) is 2. The highest BCUT2D eigenvalue weighted by molar-refractivity contribution is 5.98. The summed E-state index contributed by atoms with van der Waals surface area (Å²) in [5.41, 5.74) is 1.61. The van der Waals surface area contributed by atoms with Gasteiger partial charge in [0.05, 0.1) is 0 Å². The van der Waals surface area contributed by atoms with Crippen LogP contribution in [0.3, 0.4) is 0 Å². The number of aryl methyl sites for hydroxylation is 1. The minimum absolute atomic E-state index is 0.000936. The molecule has 1 fully saturated rings. The van der Waals surface area contributed by atoms with E-state index >= 15 is 0 Å². The fourth-order valence-corrected chi connectivity index (χ4v) is 2.98. The lowest BCUT2D eigenvalue weighted by molar-refractivity contribution is -0.145. The van der Waals surface area contributed by atoms with Gasteiger partial charge in [-0.3, -0.25) is 4.79 Å². The summed E-state index contributed by atoms with van der Waals surface area (Å²) < 4.78 is 0. The molecule has 1 amide bonds. The molecular weight excluding hydrogens is 254 g/mol. The van der Waals surface area contributed by atoms with Crippen molar-refractivity contribution in [2.24, 2.45) is 5.92 Å². The molecule has 4 nitrogen and oxygen atoms in total. The quantitative estimate of drug-likeness (QED) is 0.922. The average Bonchev–Trinajstić information content (AvgIpc) is 2.45. The van der Waals surface area contributed by atoms with Crippen LogP contribution in [0.25, 0.3) is 0 Å². The number of benzene rings is 1. The molecule has 1 saturated heterocycles. The van der Waals surface area contributed by atoms with Gasteiger partial charge < -0.3 is 10.0 Å². The Morgan fingerprint density at radius 1 is 1.35 bits per heavy atom. The van der Waals surface area contributed by atoms with E-state index in [1.54, 1.807) is 6.07 Å². The molecule has 20 heavy (non-hydrogen) atoms. The largest absolute Gasteiger partial charge is 0.480 e. The van der Waals surface area contributed by atoms with Crippen molar-refractivity contribution in [3.63, 3.8) is 0 Å². The van der Waals surface area contributed by atoms with E-state index in [1.807, 2.05) is 32.0 Å². The average molecular weight is 275 g/mol. The van der Waals surface area contributed by atoms with Gasteiger partial charge >= 0.3 is 5.97 Å². The summed E-state index contributed by atoms with van der Waals surface area (Å²) in [6, 6.07) is 6.75. The predicted octanol–water partition coefficient (Wildman–Crippen LogP) is 2.57. The molecule has 1 aromatic rings. The van der Waals surface area contributed by atoms with Gasteiger partial charge in [-0.15, -0.1) is 0 Å². The summed E-state index contributed by atoms with van der Waals surface area (Å²) >= 11 is 0. The molecule has 0 aromatic heterocycles. The minimum Gasteiger partial charge on any atom is -0.480 e. The molecule has 1 aliphatic heterocycles. The van der Waals surface area contributed by atoms with Crippen LogP contribution < -0.4 is 0 Å². The van der Waals surface area contributed by atoms with E-state index in [2.05, 4.69) is 0 Å². The Morgan fingerprint density at radius 2 is 2.05 bits per heavy atom. The van der Waals surface area contributed by atoms with Gasteiger partial charge in [-0.25, -0.2) is 4.79 Å². The number of carboxylic acid groups (broad SMARTS) is 1. The van der Waals surface area contributed by atoms with Crippen molar-refractivity contribution in [3.8, 4) is 0 Å². The van der Waals surface area contributed by atoms with Crippen LogP contribution in [-0.2, 0) is 11.2 Å². The van der Waals surface area contributed by atoms with Crippen molar-refractivity contribution >= 4 is 11.9 Å². The summed E-state index contributed by atoms with van der Waals surface area (Å²) in [6.07, 6.45) is 2.49. The van der Waals surface area contributed by atoms with Crippen molar-refractivity contribution in [1.29, 1.82) is 0 Å². The van der Waals surface area contributed by atoms with Gasteiger partial charge in [0.15, 0.2) is 0 Å². The zero-order valence-corrected chi connectivity index (χ0v) is 12.0. The van der Waals surface area contributed by atoms with Gasteiger partial charge in [-0.2, -0.15) is 0 Å². The van der Waals surface area contributed by atoms with Crippen molar-refractivity contribution in [3.05, 3.63) is 35.4 Å². The lowest BCUT2D eigenvalue weighted by Crippen LogP contribution is -2.52. The number of carbonyl (C=O) groups excluding carboxylic acids is 1. The van der Waals surface area contributed by atoms with Gasteiger partial charge in [-0.05, 0) is 36.8 Å². The SMILES string of the molecule is CCc1ccccc1C(=O)N1CCCC(C)C1C(=O)O. The number of nitrogens with zero attached hydrogens (tertiary/aromatic N) is 1. The molecule has 2 rings (SSSR count). The zero-order valence-electron chi connectivity index (χ0n) is 12.0. The minimum atomic E-state index is -0.903. The monoisotopic (exact) mass is 275 g/mol. The molecule has 0 aliphatic carbocycles. The summed E-state index contributed by atoms with van der Waals surface area (Å²) in [5.74, 6) is -1.06. The molecule has 108 valence electrons. The third-order valence-corrected chi connectivity index (χ3v) is 4.08. The normalized spacial score (nSPS) is 22.6. The number of piperidine rings is 1. The van der Waals surface area contributed by atoms with Crippen molar-refractivity contribution in [2.45, 2.75) is 39.2 Å². The second kappa shape index (κ2) is 6.07. The summed E-state index contributed by atoms with van der Waals surface area (Å²) in [4.78, 5) is 25.7. The highest BCUT2D eigenvalue weighted by atomic mass is 16.4. The fraction of sp³-hybridized carbons (Fsp3) is 0.500. The summed E-state index contributed by atoms with van der Waals surface area (Å²) in [6.45, 7) is 4.43. The van der Waals surface area contributed by atoms with E-state index in [-0.39, 0.29) is 11.8 Å². The van der Waals surface area contributed by atoms with E-state index in [4.69, 9.17) is 0 Å². The molecular formula is C16H21NO3. The van der Waals surface area contributed by atoms with Gasteiger partial charge in [0, 0.05) is 12.1 Å². The Hall–Kier alpha value is -1.84. The molecule has 2 atom stereocenters. The molecule has 0 saturated carbocycles. The van der Waals surface area contributed by atoms with Gasteiger partial charge in [0.1, 0.15) is 6.04 Å². The molecule has 0 bridgehead atoms. The Kier molecular flexibility index (Phi) is 4.42. The van der Waals surface area contributed by atoms with Crippen molar-refractivity contribution in [1.82, 2.24) is 4.90 Å². The highest BCUT2D eigenvalue weighted by Gasteiger charge is 2.37. The lowest BCUT2D eigenvalue weighted by atomic mass is 9.90. The Morgan fingerprint density at radius 3 is 2.70 bits per heavy atom. The van der Waals surface area contributed by atoms with Gasteiger partial charge in [-0.1, -0.05) is 32.0 Å².